The van der Waals surface area contributed by atoms with Gasteiger partial charge in [0, 0.05) is 13.1 Å². The average molecular weight is 526 g/mol. The largest absolute Gasteiger partial charge is 0.347 e. The van der Waals surface area contributed by atoms with Gasteiger partial charge in [0.15, 0.2) is 9.84 Å². The molecule has 4 N–H and O–H groups in total. The maximum Gasteiger partial charge on any atom is 0.315 e. The summed E-state index contributed by atoms with van der Waals surface area (Å²) in [5, 5.41) is 9.52. The van der Waals surface area contributed by atoms with E-state index in [1.807, 2.05) is 0 Å². The first-order chi connectivity index (χ1) is 17.1. The molecule has 0 aromatic heterocycles. The monoisotopic (exact) mass is 525 g/mol. The Morgan fingerprint density at radius 2 is 1.67 bits per heavy atom. The number of Topliss-reactive ketones (excluding diaryl/α,β-unsaturated/α-hetero) is 1. The number of ketones is 1. The van der Waals surface area contributed by atoms with Crippen LogP contribution < -0.4 is 21.3 Å². The lowest BCUT2D eigenvalue weighted by Crippen LogP contribution is -2.65. The summed E-state index contributed by atoms with van der Waals surface area (Å²) in [5.41, 5.74) is -0.816. The van der Waals surface area contributed by atoms with Crippen molar-refractivity contribution in [2.75, 3.05) is 31.9 Å². The summed E-state index contributed by atoms with van der Waals surface area (Å²) in [6, 6.07) is -1.42. The molecule has 2 atom stereocenters. The van der Waals surface area contributed by atoms with Crippen LogP contribution in [0.1, 0.15) is 51.4 Å². The summed E-state index contributed by atoms with van der Waals surface area (Å²) < 4.78 is 24.6. The van der Waals surface area contributed by atoms with Crippen molar-refractivity contribution in [2.45, 2.75) is 68.2 Å². The van der Waals surface area contributed by atoms with E-state index in [-0.39, 0.29) is 18.8 Å². The zero-order chi connectivity index (χ0) is 26.3. The van der Waals surface area contributed by atoms with Crippen molar-refractivity contribution >= 4 is 39.4 Å². The second kappa shape index (κ2) is 11.8. The van der Waals surface area contributed by atoms with E-state index in [0.717, 1.165) is 19.3 Å². The first-order valence-electron chi connectivity index (χ1n) is 12.4. The van der Waals surface area contributed by atoms with E-state index >= 15 is 0 Å². The van der Waals surface area contributed by atoms with Crippen LogP contribution in [0.2, 0.25) is 0 Å². The molecule has 200 valence electrons. The number of hydrogen-bond donors (Lipinski definition) is 4. The Kier molecular flexibility index (Phi) is 9.09. The lowest BCUT2D eigenvalue weighted by Gasteiger charge is -2.47. The van der Waals surface area contributed by atoms with Gasteiger partial charge in [-0.2, -0.15) is 0 Å². The number of rotatable bonds is 10. The van der Waals surface area contributed by atoms with Gasteiger partial charge in [-0.25, -0.2) is 13.2 Å². The molecule has 3 rings (SSSR count). The fraction of sp³-hybridized carbons (Fsp3) is 0.696. The zero-order valence-electron chi connectivity index (χ0n) is 20.3. The Labute approximate surface area is 210 Å². The van der Waals surface area contributed by atoms with Crippen molar-refractivity contribution in [3.63, 3.8) is 0 Å². The van der Waals surface area contributed by atoms with Crippen LogP contribution in [0.25, 0.3) is 0 Å². The van der Waals surface area contributed by atoms with Crippen molar-refractivity contribution in [2.24, 2.45) is 0 Å². The highest BCUT2D eigenvalue weighted by atomic mass is 32.2. The summed E-state index contributed by atoms with van der Waals surface area (Å²) in [6.45, 7) is 3.03. The van der Waals surface area contributed by atoms with Gasteiger partial charge in [0.05, 0.1) is 29.6 Å². The molecule has 5 amide bonds. The Morgan fingerprint density at radius 1 is 0.944 bits per heavy atom. The van der Waals surface area contributed by atoms with Crippen molar-refractivity contribution < 1.29 is 32.4 Å². The number of sulfone groups is 1. The van der Waals surface area contributed by atoms with Crippen LogP contribution >= 0.6 is 0 Å². The second-order valence-electron chi connectivity index (χ2n) is 9.55. The molecule has 1 saturated carbocycles. The molecule has 3 aliphatic rings. The fourth-order valence-electron chi connectivity index (χ4n) is 5.25. The van der Waals surface area contributed by atoms with Crippen LogP contribution in [0.4, 0.5) is 4.79 Å². The smallest absolute Gasteiger partial charge is 0.315 e. The summed E-state index contributed by atoms with van der Waals surface area (Å²) >= 11 is 0. The fourth-order valence-corrected chi connectivity index (χ4v) is 7.09. The summed E-state index contributed by atoms with van der Waals surface area (Å²) in [4.78, 5) is 62.8. The van der Waals surface area contributed by atoms with E-state index in [0.29, 0.717) is 38.6 Å². The normalized spacial score (nSPS) is 24.1. The van der Waals surface area contributed by atoms with Crippen LogP contribution in [0.3, 0.4) is 0 Å². The van der Waals surface area contributed by atoms with Crippen LogP contribution in [0, 0.1) is 0 Å². The van der Waals surface area contributed by atoms with Gasteiger partial charge in [-0.05, 0) is 32.1 Å². The second-order valence-corrected chi connectivity index (χ2v) is 11.9. The maximum absolute atomic E-state index is 12.8. The highest BCUT2D eigenvalue weighted by Crippen LogP contribution is 2.40. The standard InChI is InChI=1S/C23H35N5O7S/c1-2-11-24-21(32)17(29)14-25-20(31)16-7-6-12-28(16)19(30)15-26-22(33)27-23(9-4-3-5-10-23)18-8-13-36(18,34)35/h2,16,18H,1,3-15H2,(H,24,32)(H,25,31)(H2,26,27,33). The minimum atomic E-state index is -3.22. The number of carbonyl (C=O) groups excluding carboxylic acids is 5. The molecule has 2 unspecified atom stereocenters. The van der Waals surface area contributed by atoms with Gasteiger partial charge >= 0.3 is 6.03 Å². The SMILES string of the molecule is C=CCNC(=O)C(=O)CNC(=O)C1CCCN1C(=O)CNC(=O)NC1(C2CCS2(=O)=O)CCCCC1. The van der Waals surface area contributed by atoms with Gasteiger partial charge in [-0.3, -0.25) is 19.2 Å². The maximum atomic E-state index is 12.8. The average Bonchev–Trinajstić information content (AvgIpc) is 3.34. The molecular weight excluding hydrogens is 490 g/mol. The van der Waals surface area contributed by atoms with E-state index in [2.05, 4.69) is 27.8 Å². The molecular formula is C23H35N5O7S. The summed E-state index contributed by atoms with van der Waals surface area (Å²) in [6.07, 6.45) is 6.71. The summed E-state index contributed by atoms with van der Waals surface area (Å²) in [7, 11) is -3.22. The van der Waals surface area contributed by atoms with Crippen molar-refractivity contribution in [3.05, 3.63) is 12.7 Å². The molecule has 13 heteroatoms. The van der Waals surface area contributed by atoms with Crippen LogP contribution in [-0.2, 0) is 29.0 Å². The van der Waals surface area contributed by atoms with Gasteiger partial charge in [-0.1, -0.05) is 25.3 Å². The minimum absolute atomic E-state index is 0.127. The quantitative estimate of drug-likeness (QED) is 0.213. The van der Waals surface area contributed by atoms with Crippen LogP contribution in [0.15, 0.2) is 12.7 Å². The Balaban J connectivity index is 1.50. The van der Waals surface area contributed by atoms with Crippen molar-refractivity contribution in [1.82, 2.24) is 26.2 Å². The number of urea groups is 1. The van der Waals surface area contributed by atoms with E-state index in [9.17, 15) is 32.4 Å². The number of likely N-dealkylation sites (tertiary alicyclic amines) is 1. The third-order valence-electron chi connectivity index (χ3n) is 7.18. The summed E-state index contributed by atoms with van der Waals surface area (Å²) in [5.74, 6) is -2.54. The molecule has 0 radical (unpaired) electrons. The van der Waals surface area contributed by atoms with Crippen molar-refractivity contribution in [1.29, 1.82) is 0 Å². The molecule has 12 nitrogen and oxygen atoms in total. The predicted octanol–water partition coefficient (Wildman–Crippen LogP) is -0.846. The third kappa shape index (κ3) is 6.42. The number of nitrogens with one attached hydrogen (secondary N) is 4. The lowest BCUT2D eigenvalue weighted by molar-refractivity contribution is -0.140. The first-order valence-corrected chi connectivity index (χ1v) is 14.1. The molecule has 0 bridgehead atoms. The Bertz CT molecular complexity index is 1010. The van der Waals surface area contributed by atoms with E-state index in [1.54, 1.807) is 0 Å². The number of nitrogens with zero attached hydrogens (tertiary/aromatic N) is 1. The number of hydrogen-bond acceptors (Lipinski definition) is 7. The first kappa shape index (κ1) is 27.6. The molecule has 2 aliphatic heterocycles. The Morgan fingerprint density at radius 3 is 2.28 bits per heavy atom. The highest BCUT2D eigenvalue weighted by molar-refractivity contribution is 7.93. The van der Waals surface area contributed by atoms with Crippen LogP contribution in [0.5, 0.6) is 0 Å². The molecule has 0 aromatic carbocycles. The molecule has 2 saturated heterocycles. The predicted molar refractivity (Wildman–Crippen MR) is 131 cm³/mol. The van der Waals surface area contributed by atoms with E-state index in [1.165, 1.54) is 11.0 Å². The van der Waals surface area contributed by atoms with E-state index in [4.69, 9.17) is 0 Å². The van der Waals surface area contributed by atoms with Gasteiger partial charge in [-0.15, -0.1) is 6.58 Å². The van der Waals surface area contributed by atoms with Crippen LogP contribution in [-0.4, -0.2) is 91.6 Å². The molecule has 0 aromatic rings. The van der Waals surface area contributed by atoms with E-state index < -0.39 is 62.7 Å². The molecule has 0 spiro atoms. The van der Waals surface area contributed by atoms with Gasteiger partial charge in [0.2, 0.25) is 17.6 Å². The van der Waals surface area contributed by atoms with Gasteiger partial charge in [0.25, 0.3) is 5.91 Å². The molecule has 36 heavy (non-hydrogen) atoms. The number of amides is 5. The molecule has 2 heterocycles. The number of carbonyl (C=O) groups is 5. The molecule has 1 aliphatic carbocycles. The zero-order valence-corrected chi connectivity index (χ0v) is 21.2. The van der Waals surface area contributed by atoms with Gasteiger partial charge in [0.1, 0.15) is 6.04 Å². The third-order valence-corrected chi connectivity index (χ3v) is 9.54. The topological polar surface area (TPSA) is 171 Å². The van der Waals surface area contributed by atoms with Crippen molar-refractivity contribution in [3.8, 4) is 0 Å². The molecule has 3 fully saturated rings. The Hall–Kier alpha value is -2.96. The van der Waals surface area contributed by atoms with Gasteiger partial charge < -0.3 is 26.2 Å². The highest BCUT2D eigenvalue weighted by Gasteiger charge is 2.52. The minimum Gasteiger partial charge on any atom is -0.347 e. The lowest BCUT2D eigenvalue weighted by atomic mass is 9.78.